The largest absolute Gasteiger partial charge is 0.481 e. The topological polar surface area (TPSA) is 67.4 Å². The molecule has 2 aromatic carbocycles. The minimum absolute atomic E-state index is 0.279. The van der Waals surface area contributed by atoms with Crippen molar-refractivity contribution in [1.82, 2.24) is 10.9 Å². The van der Waals surface area contributed by atoms with Crippen molar-refractivity contribution in [3.63, 3.8) is 0 Å². The van der Waals surface area contributed by atoms with Crippen molar-refractivity contribution in [3.05, 3.63) is 65.2 Å². The molecule has 1 unspecified atom stereocenters. The van der Waals surface area contributed by atoms with Crippen molar-refractivity contribution >= 4 is 23.4 Å². The normalized spacial score (nSPS) is 11.4. The molecule has 2 N–H and O–H groups in total. The zero-order valence-corrected chi connectivity index (χ0v) is 12.6. The van der Waals surface area contributed by atoms with Crippen LogP contribution in [0.2, 0.25) is 5.02 Å². The van der Waals surface area contributed by atoms with E-state index in [1.54, 1.807) is 55.5 Å². The maximum atomic E-state index is 11.9. The first kappa shape index (κ1) is 15.9. The fourth-order valence-electron chi connectivity index (χ4n) is 1.69. The van der Waals surface area contributed by atoms with E-state index in [2.05, 4.69) is 10.9 Å². The minimum atomic E-state index is -0.756. The highest BCUT2D eigenvalue weighted by Crippen LogP contribution is 2.14. The van der Waals surface area contributed by atoms with E-state index in [1.807, 2.05) is 6.07 Å². The highest BCUT2D eigenvalue weighted by molar-refractivity contribution is 6.33. The van der Waals surface area contributed by atoms with E-state index >= 15 is 0 Å². The van der Waals surface area contributed by atoms with Gasteiger partial charge in [0, 0.05) is 0 Å². The van der Waals surface area contributed by atoms with Crippen molar-refractivity contribution < 1.29 is 14.3 Å². The Kier molecular flexibility index (Phi) is 5.38. The third-order valence-electron chi connectivity index (χ3n) is 2.84. The molecule has 1 atom stereocenters. The lowest BCUT2D eigenvalue weighted by Crippen LogP contribution is -2.47. The van der Waals surface area contributed by atoms with Crippen LogP contribution in [0.5, 0.6) is 5.75 Å². The van der Waals surface area contributed by atoms with Crippen LogP contribution in [0.1, 0.15) is 17.3 Å². The number of nitrogens with one attached hydrogen (secondary N) is 2. The number of hydrogen-bond acceptors (Lipinski definition) is 3. The summed E-state index contributed by atoms with van der Waals surface area (Å²) >= 11 is 5.91. The van der Waals surface area contributed by atoms with Gasteiger partial charge in [-0.2, -0.15) is 0 Å². The average molecular weight is 319 g/mol. The monoisotopic (exact) mass is 318 g/mol. The van der Waals surface area contributed by atoms with E-state index in [4.69, 9.17) is 16.3 Å². The summed E-state index contributed by atoms with van der Waals surface area (Å²) in [6, 6.07) is 15.5. The van der Waals surface area contributed by atoms with Gasteiger partial charge in [0.05, 0.1) is 10.6 Å². The van der Waals surface area contributed by atoms with Crippen LogP contribution in [-0.4, -0.2) is 17.9 Å². The van der Waals surface area contributed by atoms with E-state index in [-0.39, 0.29) is 5.56 Å². The highest BCUT2D eigenvalue weighted by Gasteiger charge is 2.16. The molecule has 0 heterocycles. The zero-order valence-electron chi connectivity index (χ0n) is 11.9. The SMILES string of the molecule is CC(Oc1ccccc1)C(=O)NNC(=O)c1ccccc1Cl. The van der Waals surface area contributed by atoms with Crippen LogP contribution in [0.15, 0.2) is 54.6 Å². The molecule has 0 radical (unpaired) electrons. The Morgan fingerprint density at radius 1 is 1.00 bits per heavy atom. The Morgan fingerprint density at radius 2 is 1.64 bits per heavy atom. The van der Waals surface area contributed by atoms with E-state index in [1.165, 1.54) is 0 Å². The summed E-state index contributed by atoms with van der Waals surface area (Å²) in [7, 11) is 0. The second-order valence-corrected chi connectivity index (χ2v) is 4.90. The van der Waals surface area contributed by atoms with Gasteiger partial charge in [-0.25, -0.2) is 0 Å². The number of ether oxygens (including phenoxy) is 1. The number of hydrazine groups is 1. The summed E-state index contributed by atoms with van der Waals surface area (Å²) in [5.74, 6) is -0.391. The Morgan fingerprint density at radius 3 is 2.32 bits per heavy atom. The third-order valence-corrected chi connectivity index (χ3v) is 3.17. The molecule has 0 fully saturated rings. The molecule has 2 aromatic rings. The molecular formula is C16H15ClN2O3. The average Bonchev–Trinajstić information content (AvgIpc) is 2.53. The molecule has 0 aliphatic rings. The molecule has 6 heteroatoms. The van der Waals surface area contributed by atoms with E-state index in [0.717, 1.165) is 0 Å². The number of hydrogen-bond donors (Lipinski definition) is 2. The van der Waals surface area contributed by atoms with Crippen LogP contribution < -0.4 is 15.6 Å². The Bertz CT molecular complexity index is 661. The lowest BCUT2D eigenvalue weighted by molar-refractivity contribution is -0.128. The molecule has 0 aliphatic heterocycles. The van der Waals surface area contributed by atoms with Crippen LogP contribution in [-0.2, 0) is 4.79 Å². The van der Waals surface area contributed by atoms with Gasteiger partial charge < -0.3 is 4.74 Å². The van der Waals surface area contributed by atoms with Gasteiger partial charge in [-0.3, -0.25) is 20.4 Å². The van der Waals surface area contributed by atoms with E-state index < -0.39 is 17.9 Å². The van der Waals surface area contributed by atoms with Gasteiger partial charge in [0.25, 0.3) is 11.8 Å². The van der Waals surface area contributed by atoms with Gasteiger partial charge in [0.2, 0.25) is 0 Å². The lowest BCUT2D eigenvalue weighted by atomic mass is 10.2. The fraction of sp³-hybridized carbons (Fsp3) is 0.125. The number of carbonyl (C=O) groups is 2. The second kappa shape index (κ2) is 7.47. The summed E-state index contributed by atoms with van der Waals surface area (Å²) in [6.45, 7) is 1.59. The molecule has 2 amide bonds. The molecule has 5 nitrogen and oxygen atoms in total. The molecule has 0 aliphatic carbocycles. The van der Waals surface area contributed by atoms with Gasteiger partial charge in [-0.1, -0.05) is 41.9 Å². The summed E-state index contributed by atoms with van der Waals surface area (Å²) in [5.41, 5.74) is 4.89. The van der Waals surface area contributed by atoms with Crippen LogP contribution in [0.3, 0.4) is 0 Å². The number of amides is 2. The first-order chi connectivity index (χ1) is 10.6. The molecule has 114 valence electrons. The Labute approximate surface area is 133 Å². The van der Waals surface area contributed by atoms with Gasteiger partial charge in [-0.05, 0) is 31.2 Å². The molecule has 0 spiro atoms. The van der Waals surface area contributed by atoms with Crippen molar-refractivity contribution in [2.75, 3.05) is 0 Å². The van der Waals surface area contributed by atoms with Crippen molar-refractivity contribution in [2.24, 2.45) is 0 Å². The minimum Gasteiger partial charge on any atom is -0.481 e. The number of rotatable bonds is 4. The predicted octanol–water partition coefficient (Wildman–Crippen LogP) is 2.57. The molecule has 22 heavy (non-hydrogen) atoms. The number of halogens is 1. The molecule has 0 saturated carbocycles. The smallest absolute Gasteiger partial charge is 0.279 e. The van der Waals surface area contributed by atoms with Gasteiger partial charge in [0.15, 0.2) is 6.10 Å². The lowest BCUT2D eigenvalue weighted by Gasteiger charge is -2.15. The predicted molar refractivity (Wildman–Crippen MR) is 83.6 cm³/mol. The van der Waals surface area contributed by atoms with Crippen LogP contribution in [0, 0.1) is 0 Å². The third kappa shape index (κ3) is 4.23. The van der Waals surface area contributed by atoms with Crippen molar-refractivity contribution in [2.45, 2.75) is 13.0 Å². The number of benzene rings is 2. The maximum absolute atomic E-state index is 11.9. The Balaban J connectivity index is 1.87. The molecule has 0 saturated heterocycles. The standard InChI is InChI=1S/C16H15ClN2O3/c1-11(22-12-7-3-2-4-8-12)15(20)18-19-16(21)13-9-5-6-10-14(13)17/h2-11H,1H3,(H,18,20)(H,19,21). The first-order valence-electron chi connectivity index (χ1n) is 6.64. The summed E-state index contributed by atoms with van der Waals surface area (Å²) in [4.78, 5) is 23.8. The summed E-state index contributed by atoms with van der Waals surface area (Å²) in [5, 5.41) is 0.308. The zero-order chi connectivity index (χ0) is 15.9. The summed E-state index contributed by atoms with van der Waals surface area (Å²) in [6.07, 6.45) is -0.756. The molecular weight excluding hydrogens is 304 g/mol. The van der Waals surface area contributed by atoms with Gasteiger partial charge >= 0.3 is 0 Å². The molecule has 2 rings (SSSR count). The Hall–Kier alpha value is -2.53. The van der Waals surface area contributed by atoms with Crippen LogP contribution in [0.25, 0.3) is 0 Å². The van der Waals surface area contributed by atoms with Crippen molar-refractivity contribution in [1.29, 1.82) is 0 Å². The van der Waals surface area contributed by atoms with Crippen LogP contribution in [0.4, 0.5) is 0 Å². The van der Waals surface area contributed by atoms with Gasteiger partial charge in [-0.15, -0.1) is 0 Å². The second-order valence-electron chi connectivity index (χ2n) is 4.50. The fourth-order valence-corrected chi connectivity index (χ4v) is 1.91. The van der Waals surface area contributed by atoms with E-state index in [0.29, 0.717) is 10.8 Å². The highest BCUT2D eigenvalue weighted by atomic mass is 35.5. The van der Waals surface area contributed by atoms with E-state index in [9.17, 15) is 9.59 Å². The quantitative estimate of drug-likeness (QED) is 0.851. The molecule has 0 bridgehead atoms. The summed E-state index contributed by atoms with van der Waals surface area (Å²) < 4.78 is 5.45. The number of carbonyl (C=O) groups excluding carboxylic acids is 2. The van der Waals surface area contributed by atoms with Crippen molar-refractivity contribution in [3.8, 4) is 5.75 Å². The van der Waals surface area contributed by atoms with Crippen LogP contribution >= 0.6 is 11.6 Å². The first-order valence-corrected chi connectivity index (χ1v) is 7.02. The number of para-hydroxylation sites is 1. The van der Waals surface area contributed by atoms with Gasteiger partial charge in [0.1, 0.15) is 5.75 Å². The molecule has 0 aromatic heterocycles. The maximum Gasteiger partial charge on any atom is 0.279 e.